The van der Waals surface area contributed by atoms with Gasteiger partial charge in [-0.1, -0.05) is 6.07 Å². The number of aromatic nitrogens is 1. The molecule has 2 N–H and O–H groups in total. The number of oxazole rings is 1. The highest BCUT2D eigenvalue weighted by Crippen LogP contribution is 2.24. The zero-order valence-corrected chi connectivity index (χ0v) is 14.4. The lowest BCUT2D eigenvalue weighted by Gasteiger charge is -2.22. The molecule has 8 heteroatoms. The first-order chi connectivity index (χ1) is 9.78. The molecular weight excluding hydrogens is 345 g/mol. The number of rotatable bonds is 4. The fourth-order valence-electron chi connectivity index (χ4n) is 2.57. The molecule has 3 heterocycles. The number of carbonyl (C=O) groups excluding carboxylic acids is 1. The summed E-state index contributed by atoms with van der Waals surface area (Å²) in [5, 5.41) is 1.97. The van der Waals surface area contributed by atoms with Crippen LogP contribution >= 0.6 is 36.2 Å². The lowest BCUT2D eigenvalue weighted by atomic mass is 10.2. The van der Waals surface area contributed by atoms with Gasteiger partial charge in [0.1, 0.15) is 6.26 Å². The predicted molar refractivity (Wildman–Crippen MR) is 91.8 cm³/mol. The molecule has 2 aromatic heterocycles. The second-order valence-electron chi connectivity index (χ2n) is 4.92. The fraction of sp³-hybridized carbons (Fsp3) is 0.429. The van der Waals surface area contributed by atoms with Crippen molar-refractivity contribution in [1.82, 2.24) is 9.88 Å². The van der Waals surface area contributed by atoms with Crippen LogP contribution in [0, 0.1) is 0 Å². The van der Waals surface area contributed by atoms with Crippen molar-refractivity contribution in [2.45, 2.75) is 25.3 Å². The normalized spacial score (nSPS) is 17.0. The second kappa shape index (κ2) is 8.53. The van der Waals surface area contributed by atoms with Gasteiger partial charge in [0.15, 0.2) is 0 Å². The van der Waals surface area contributed by atoms with Crippen LogP contribution in [-0.2, 0) is 11.2 Å². The van der Waals surface area contributed by atoms with Crippen LogP contribution in [0.4, 0.5) is 0 Å². The van der Waals surface area contributed by atoms with Crippen molar-refractivity contribution >= 4 is 42.1 Å². The number of hydrogen-bond acceptors (Lipinski definition) is 5. The van der Waals surface area contributed by atoms with E-state index in [4.69, 9.17) is 10.2 Å². The number of hydrogen-bond donors (Lipinski definition) is 1. The summed E-state index contributed by atoms with van der Waals surface area (Å²) in [6, 6.07) is 4.09. The summed E-state index contributed by atoms with van der Waals surface area (Å²) in [5.74, 6) is 0.670. The van der Waals surface area contributed by atoms with Crippen LogP contribution in [0.5, 0.6) is 0 Å². The molecule has 0 spiro atoms. The van der Waals surface area contributed by atoms with Crippen molar-refractivity contribution in [2.24, 2.45) is 5.73 Å². The highest BCUT2D eigenvalue weighted by atomic mass is 35.5. The van der Waals surface area contributed by atoms with Crippen LogP contribution in [0.3, 0.4) is 0 Å². The van der Waals surface area contributed by atoms with E-state index in [1.54, 1.807) is 17.6 Å². The molecule has 0 saturated carbocycles. The molecule has 0 bridgehead atoms. The predicted octanol–water partition coefficient (Wildman–Crippen LogP) is 2.74. The van der Waals surface area contributed by atoms with Gasteiger partial charge in [-0.25, -0.2) is 4.98 Å². The van der Waals surface area contributed by atoms with Gasteiger partial charge < -0.3 is 15.1 Å². The molecule has 1 amide bonds. The Kier molecular flexibility index (Phi) is 7.35. The van der Waals surface area contributed by atoms with Gasteiger partial charge in [0.25, 0.3) is 0 Å². The molecule has 0 radical (unpaired) electrons. The Labute approximate surface area is 145 Å². The Hall–Kier alpha value is -1.08. The summed E-state index contributed by atoms with van der Waals surface area (Å²) in [7, 11) is 0. The molecule has 1 atom stereocenters. The largest absolute Gasteiger partial charge is 0.444 e. The monoisotopic (exact) mass is 363 g/mol. The zero-order chi connectivity index (χ0) is 13.9. The lowest BCUT2D eigenvalue weighted by Crippen LogP contribution is -2.40. The third-order valence-corrected chi connectivity index (χ3v) is 4.44. The van der Waals surface area contributed by atoms with Crippen LogP contribution in [0.25, 0.3) is 10.8 Å². The van der Waals surface area contributed by atoms with Crippen molar-refractivity contribution < 1.29 is 9.21 Å². The summed E-state index contributed by atoms with van der Waals surface area (Å²) in [6.45, 7) is 1.33. The molecule has 3 rings (SSSR count). The number of thiophene rings is 1. The molecule has 0 aliphatic carbocycles. The molecule has 1 fully saturated rings. The van der Waals surface area contributed by atoms with Gasteiger partial charge in [-0.2, -0.15) is 0 Å². The minimum absolute atomic E-state index is 0. The highest BCUT2D eigenvalue weighted by molar-refractivity contribution is 7.13. The first kappa shape index (κ1) is 19.0. The van der Waals surface area contributed by atoms with E-state index in [-0.39, 0.29) is 43.2 Å². The van der Waals surface area contributed by atoms with Crippen molar-refractivity contribution in [1.29, 1.82) is 0 Å². The Morgan fingerprint density at radius 3 is 3.00 bits per heavy atom. The molecule has 1 aliphatic rings. The van der Waals surface area contributed by atoms with Crippen LogP contribution in [0.1, 0.15) is 18.5 Å². The third kappa shape index (κ3) is 4.01. The maximum Gasteiger partial charge on any atom is 0.236 e. The SMILES string of the molecule is Cl.Cl.NCC1CCCN1C(=O)Cc1coc(-c2cccs2)n1. The van der Waals surface area contributed by atoms with Gasteiger partial charge in [-0.3, -0.25) is 4.79 Å². The zero-order valence-electron chi connectivity index (χ0n) is 11.9. The van der Waals surface area contributed by atoms with Gasteiger partial charge in [-0.15, -0.1) is 36.2 Å². The van der Waals surface area contributed by atoms with Crippen molar-refractivity contribution in [3.05, 3.63) is 29.5 Å². The summed E-state index contributed by atoms with van der Waals surface area (Å²) < 4.78 is 5.43. The highest BCUT2D eigenvalue weighted by Gasteiger charge is 2.27. The summed E-state index contributed by atoms with van der Waals surface area (Å²) in [5.41, 5.74) is 6.38. The van der Waals surface area contributed by atoms with E-state index in [2.05, 4.69) is 4.98 Å². The Morgan fingerprint density at radius 1 is 1.50 bits per heavy atom. The van der Waals surface area contributed by atoms with E-state index < -0.39 is 0 Å². The first-order valence-corrected chi connectivity index (χ1v) is 7.63. The number of nitrogens with two attached hydrogens (primary N) is 1. The van der Waals surface area contributed by atoms with Crippen LogP contribution in [0.2, 0.25) is 0 Å². The average molecular weight is 364 g/mol. The second-order valence-corrected chi connectivity index (χ2v) is 5.86. The topological polar surface area (TPSA) is 72.4 Å². The fourth-order valence-corrected chi connectivity index (χ4v) is 3.22. The Bertz CT molecular complexity index is 589. The number of likely N-dealkylation sites (tertiary alicyclic amines) is 1. The van der Waals surface area contributed by atoms with Gasteiger partial charge in [0.2, 0.25) is 11.8 Å². The molecule has 2 aromatic rings. The van der Waals surface area contributed by atoms with Gasteiger partial charge in [0.05, 0.1) is 17.0 Å². The standard InChI is InChI=1S/C14H17N3O2S.2ClH/c15-8-11-3-1-5-17(11)13(18)7-10-9-19-14(16-10)12-4-2-6-20-12;;/h2,4,6,9,11H,1,3,5,7-8,15H2;2*1H. The molecule has 22 heavy (non-hydrogen) atoms. The average Bonchev–Trinajstić information content (AvgIpc) is 3.19. The molecule has 1 saturated heterocycles. The van der Waals surface area contributed by atoms with E-state index in [1.807, 2.05) is 22.4 Å². The maximum atomic E-state index is 12.3. The molecular formula is C14H19Cl2N3O2S. The molecule has 1 unspecified atom stereocenters. The van der Waals surface area contributed by atoms with Crippen molar-refractivity contribution in [2.75, 3.05) is 13.1 Å². The first-order valence-electron chi connectivity index (χ1n) is 6.75. The lowest BCUT2D eigenvalue weighted by molar-refractivity contribution is -0.131. The Morgan fingerprint density at radius 2 is 2.32 bits per heavy atom. The molecule has 5 nitrogen and oxygen atoms in total. The maximum absolute atomic E-state index is 12.3. The minimum Gasteiger partial charge on any atom is -0.444 e. The number of amides is 1. The molecule has 1 aliphatic heterocycles. The smallest absolute Gasteiger partial charge is 0.236 e. The summed E-state index contributed by atoms with van der Waals surface area (Å²) in [6.07, 6.45) is 3.89. The third-order valence-electron chi connectivity index (χ3n) is 3.59. The summed E-state index contributed by atoms with van der Waals surface area (Å²) in [4.78, 5) is 19.5. The number of carbonyl (C=O) groups is 1. The molecule has 122 valence electrons. The van der Waals surface area contributed by atoms with Gasteiger partial charge in [0, 0.05) is 19.1 Å². The van der Waals surface area contributed by atoms with E-state index in [1.165, 1.54) is 0 Å². The van der Waals surface area contributed by atoms with Crippen LogP contribution < -0.4 is 5.73 Å². The van der Waals surface area contributed by atoms with Gasteiger partial charge in [-0.05, 0) is 24.3 Å². The summed E-state index contributed by atoms with van der Waals surface area (Å²) >= 11 is 1.57. The van der Waals surface area contributed by atoms with Gasteiger partial charge >= 0.3 is 0 Å². The van der Waals surface area contributed by atoms with E-state index in [0.717, 1.165) is 24.3 Å². The molecule has 0 aromatic carbocycles. The number of halogens is 2. The van der Waals surface area contributed by atoms with E-state index in [9.17, 15) is 4.79 Å². The van der Waals surface area contributed by atoms with Crippen LogP contribution in [-0.4, -0.2) is 34.9 Å². The van der Waals surface area contributed by atoms with Crippen LogP contribution in [0.15, 0.2) is 28.2 Å². The van der Waals surface area contributed by atoms with Crippen molar-refractivity contribution in [3.63, 3.8) is 0 Å². The van der Waals surface area contributed by atoms with E-state index >= 15 is 0 Å². The van der Waals surface area contributed by atoms with E-state index in [0.29, 0.717) is 18.1 Å². The van der Waals surface area contributed by atoms with Crippen molar-refractivity contribution in [3.8, 4) is 10.8 Å². The number of nitrogens with zero attached hydrogens (tertiary/aromatic N) is 2. The minimum atomic E-state index is 0. The Balaban J connectivity index is 0.00000121. The quantitative estimate of drug-likeness (QED) is 0.906.